The molecule has 0 bridgehead atoms. The van der Waals surface area contributed by atoms with Gasteiger partial charge in [0.2, 0.25) is 0 Å². The number of nitrogens with zero attached hydrogens (tertiary/aromatic N) is 8. The van der Waals surface area contributed by atoms with E-state index >= 15 is 0 Å². The van der Waals surface area contributed by atoms with Crippen LogP contribution in [0.3, 0.4) is 0 Å². The lowest BCUT2D eigenvalue weighted by Gasteiger charge is -2.15. The molecule has 3 amide bonds. The molecule has 0 aromatic carbocycles. The molecule has 0 unspecified atom stereocenters. The van der Waals surface area contributed by atoms with E-state index in [1.807, 2.05) is 0 Å². The fourth-order valence-electron chi connectivity index (χ4n) is 2.69. The maximum Gasteiger partial charge on any atom is 0.323 e. The molecule has 12 nitrogen and oxygen atoms in total. The lowest BCUT2D eigenvalue weighted by molar-refractivity contribution is 0.0829. The van der Waals surface area contributed by atoms with Gasteiger partial charge in [0.1, 0.15) is 10.7 Å². The van der Waals surface area contributed by atoms with Crippen molar-refractivity contribution in [2.45, 2.75) is 0 Å². The van der Waals surface area contributed by atoms with Gasteiger partial charge in [-0.3, -0.25) is 4.79 Å². The minimum Gasteiger partial charge on any atom is -0.345 e. The van der Waals surface area contributed by atoms with Crippen LogP contribution in [-0.2, 0) is 0 Å². The highest BCUT2D eigenvalue weighted by Gasteiger charge is 2.22. The van der Waals surface area contributed by atoms with Gasteiger partial charge in [0.05, 0.1) is 47.4 Å². The maximum atomic E-state index is 12.7. The Morgan fingerprint density at radius 3 is 2.48 bits per heavy atom. The number of carbonyl (C=O) groups is 2. The lowest BCUT2D eigenvalue weighted by Crippen LogP contribution is -2.27. The molecule has 14 heteroatoms. The van der Waals surface area contributed by atoms with Gasteiger partial charge in [0.25, 0.3) is 5.91 Å². The molecule has 158 valence electrons. The van der Waals surface area contributed by atoms with Crippen LogP contribution in [0.25, 0.3) is 11.5 Å². The van der Waals surface area contributed by atoms with E-state index in [4.69, 9.17) is 23.2 Å². The molecule has 0 saturated carbocycles. The molecule has 0 spiro atoms. The van der Waals surface area contributed by atoms with Crippen LogP contribution in [0.5, 0.6) is 0 Å². The molecule has 0 radical (unpaired) electrons. The first-order chi connectivity index (χ1) is 14.8. The first kappa shape index (κ1) is 20.5. The summed E-state index contributed by atoms with van der Waals surface area (Å²) in [5.41, 5.74) is 0.819. The number of pyridine rings is 1. The summed E-state index contributed by atoms with van der Waals surface area (Å²) < 4.78 is 1.36. The SMILES string of the molecule is CN(C)C(=O)c1c(NC(=O)Nc2cnc(-n3nccn3)c(Cl)c2)cnn2cc(Cl)nc12. The number of urea groups is 1. The topological polar surface area (TPSA) is 135 Å². The first-order valence-electron chi connectivity index (χ1n) is 8.69. The number of rotatable bonds is 4. The van der Waals surface area contributed by atoms with Gasteiger partial charge < -0.3 is 15.5 Å². The third kappa shape index (κ3) is 4.11. The Kier molecular flexibility index (Phi) is 5.40. The smallest absolute Gasteiger partial charge is 0.323 e. The molecule has 0 atom stereocenters. The molecule has 0 aliphatic carbocycles. The molecular weight excluding hydrogens is 447 g/mol. The predicted octanol–water partition coefficient (Wildman–Crippen LogP) is 2.36. The third-order valence-electron chi connectivity index (χ3n) is 4.02. The molecule has 4 rings (SSSR count). The van der Waals surface area contributed by atoms with Crippen molar-refractivity contribution in [1.29, 1.82) is 0 Å². The van der Waals surface area contributed by atoms with E-state index in [0.29, 0.717) is 11.5 Å². The standard InChI is InChI=1S/C17H14Cl2N10O2/c1-27(2)16(30)13-11(7-23-28-8-12(19)26-15(13)28)25-17(31)24-9-5-10(18)14(20-6-9)29-21-3-4-22-29/h3-8H,1-2H3,(H2,24,25,31). The van der Waals surface area contributed by atoms with Crippen LogP contribution < -0.4 is 10.6 Å². The monoisotopic (exact) mass is 460 g/mol. The number of halogens is 2. The van der Waals surface area contributed by atoms with Crippen molar-refractivity contribution in [2.75, 3.05) is 24.7 Å². The van der Waals surface area contributed by atoms with Crippen molar-refractivity contribution < 1.29 is 9.59 Å². The number of hydrogen-bond acceptors (Lipinski definition) is 7. The Morgan fingerprint density at radius 2 is 1.81 bits per heavy atom. The van der Waals surface area contributed by atoms with E-state index in [0.717, 1.165) is 0 Å². The molecule has 0 aliphatic heterocycles. The Balaban J connectivity index is 1.59. The van der Waals surface area contributed by atoms with Crippen molar-refractivity contribution in [2.24, 2.45) is 0 Å². The van der Waals surface area contributed by atoms with Crippen LogP contribution in [0.2, 0.25) is 10.2 Å². The highest BCUT2D eigenvalue weighted by Crippen LogP contribution is 2.24. The maximum absolute atomic E-state index is 12.7. The molecule has 4 aromatic rings. The van der Waals surface area contributed by atoms with Crippen LogP contribution in [-0.4, -0.2) is 65.5 Å². The second kappa shape index (κ2) is 8.16. The molecular formula is C17H14Cl2N10O2. The Labute approximate surface area is 184 Å². The summed E-state index contributed by atoms with van der Waals surface area (Å²) >= 11 is 12.2. The Morgan fingerprint density at radius 1 is 1.06 bits per heavy atom. The summed E-state index contributed by atoms with van der Waals surface area (Å²) in [6, 6.07) is 0.855. The van der Waals surface area contributed by atoms with Crippen molar-refractivity contribution in [1.82, 2.24) is 39.5 Å². The summed E-state index contributed by atoms with van der Waals surface area (Å²) in [6.45, 7) is 0. The van der Waals surface area contributed by atoms with Crippen molar-refractivity contribution >= 4 is 52.2 Å². The van der Waals surface area contributed by atoms with E-state index in [2.05, 4.69) is 35.9 Å². The van der Waals surface area contributed by atoms with Gasteiger partial charge >= 0.3 is 6.03 Å². The predicted molar refractivity (Wildman–Crippen MR) is 113 cm³/mol. The van der Waals surface area contributed by atoms with Crippen LogP contribution in [0, 0.1) is 0 Å². The van der Waals surface area contributed by atoms with Crippen molar-refractivity contribution in [3.8, 4) is 5.82 Å². The second-order valence-electron chi connectivity index (χ2n) is 6.39. The lowest BCUT2D eigenvalue weighted by atomic mass is 10.2. The summed E-state index contributed by atoms with van der Waals surface area (Å²) in [5, 5.41) is 17.6. The summed E-state index contributed by atoms with van der Waals surface area (Å²) in [6.07, 6.45) is 7.16. The number of aromatic nitrogens is 7. The zero-order valence-corrected chi connectivity index (χ0v) is 17.6. The fourth-order valence-corrected chi connectivity index (χ4v) is 3.11. The first-order valence-corrected chi connectivity index (χ1v) is 9.45. The zero-order valence-electron chi connectivity index (χ0n) is 16.1. The molecule has 0 fully saturated rings. The summed E-state index contributed by atoms with van der Waals surface area (Å²) in [7, 11) is 3.16. The van der Waals surface area contributed by atoms with E-state index < -0.39 is 6.03 Å². The highest BCUT2D eigenvalue weighted by atomic mass is 35.5. The average Bonchev–Trinajstić information content (AvgIpc) is 3.36. The van der Waals surface area contributed by atoms with E-state index in [9.17, 15) is 9.59 Å². The Bertz CT molecular complexity index is 1290. The Hall–Kier alpha value is -3.77. The number of carbonyl (C=O) groups excluding carboxylic acids is 2. The van der Waals surface area contributed by atoms with Crippen LogP contribution >= 0.6 is 23.2 Å². The summed E-state index contributed by atoms with van der Waals surface area (Å²) in [4.78, 5) is 36.2. The minimum atomic E-state index is -0.639. The molecule has 0 aliphatic rings. The fraction of sp³-hybridized carbons (Fsp3) is 0.118. The van der Waals surface area contributed by atoms with Gasteiger partial charge in [-0.2, -0.15) is 15.3 Å². The minimum absolute atomic E-state index is 0.137. The van der Waals surface area contributed by atoms with Gasteiger partial charge in [0.15, 0.2) is 11.5 Å². The molecule has 0 saturated heterocycles. The van der Waals surface area contributed by atoms with E-state index in [-0.39, 0.29) is 33.0 Å². The zero-order chi connectivity index (χ0) is 22.1. The van der Waals surface area contributed by atoms with Gasteiger partial charge in [-0.15, -0.1) is 4.80 Å². The normalized spacial score (nSPS) is 10.8. The van der Waals surface area contributed by atoms with Crippen molar-refractivity contribution in [3.05, 3.63) is 52.8 Å². The quantitative estimate of drug-likeness (QED) is 0.476. The number of nitrogens with one attached hydrogen (secondary N) is 2. The van der Waals surface area contributed by atoms with Gasteiger partial charge in [0, 0.05) is 14.1 Å². The van der Waals surface area contributed by atoms with Gasteiger partial charge in [-0.05, 0) is 6.07 Å². The number of imidazole rings is 1. The highest BCUT2D eigenvalue weighted by molar-refractivity contribution is 6.32. The number of anilines is 2. The van der Waals surface area contributed by atoms with Crippen LogP contribution in [0.1, 0.15) is 10.4 Å². The van der Waals surface area contributed by atoms with Crippen molar-refractivity contribution in [3.63, 3.8) is 0 Å². The van der Waals surface area contributed by atoms with E-state index in [1.165, 1.54) is 51.3 Å². The average molecular weight is 461 g/mol. The summed E-state index contributed by atoms with van der Waals surface area (Å²) in [5.74, 6) is -0.0759. The van der Waals surface area contributed by atoms with E-state index in [1.54, 1.807) is 14.1 Å². The van der Waals surface area contributed by atoms with Crippen LogP contribution in [0.15, 0.2) is 37.1 Å². The molecule has 4 heterocycles. The second-order valence-corrected chi connectivity index (χ2v) is 7.19. The number of fused-ring (bicyclic) bond motifs is 1. The third-order valence-corrected chi connectivity index (χ3v) is 4.48. The van der Waals surface area contributed by atoms with Crippen LogP contribution in [0.4, 0.5) is 16.2 Å². The van der Waals surface area contributed by atoms with Gasteiger partial charge in [-0.1, -0.05) is 23.2 Å². The molecule has 2 N–H and O–H groups in total. The number of hydrogen-bond donors (Lipinski definition) is 2. The number of amides is 3. The molecule has 4 aromatic heterocycles. The largest absolute Gasteiger partial charge is 0.345 e. The molecule has 31 heavy (non-hydrogen) atoms. The van der Waals surface area contributed by atoms with Gasteiger partial charge in [-0.25, -0.2) is 19.3 Å².